The average molecular weight is 791 g/mol. The maximum atomic E-state index is 13.2. The zero-order valence-corrected chi connectivity index (χ0v) is 38.3. The van der Waals surface area contributed by atoms with E-state index in [0.717, 1.165) is 22.4 Å². The lowest BCUT2D eigenvalue weighted by molar-refractivity contribution is -0.125. The van der Waals surface area contributed by atoms with E-state index < -0.39 is 30.7 Å². The molecule has 0 aromatic heterocycles. The minimum atomic E-state index is -2.04. The van der Waals surface area contributed by atoms with E-state index in [2.05, 4.69) is 113 Å². The quantitative estimate of drug-likeness (QED) is 0.195. The van der Waals surface area contributed by atoms with Gasteiger partial charge in [-0.3, -0.25) is 9.59 Å². The molecule has 13 heteroatoms. The third-order valence-corrected chi connectivity index (χ3v) is 21.1. The van der Waals surface area contributed by atoms with Gasteiger partial charge in [-0.15, -0.1) is 0 Å². The maximum Gasteiger partial charge on any atom is 0.412 e. The Morgan fingerprint density at radius 1 is 0.818 bits per heavy atom. The van der Waals surface area contributed by atoms with E-state index in [1.807, 2.05) is 30.3 Å². The summed E-state index contributed by atoms with van der Waals surface area (Å²) in [4.78, 5) is 27.8. The van der Waals surface area contributed by atoms with Crippen molar-refractivity contribution in [3.63, 3.8) is 0 Å². The van der Waals surface area contributed by atoms with Crippen LogP contribution in [0.25, 0.3) is 5.57 Å². The molecular formula is C42H68B2N2O7Si2. The van der Waals surface area contributed by atoms with Gasteiger partial charge >= 0.3 is 14.1 Å². The number of carbonyl (C=O) groups excluding carboxylic acids is 2. The summed E-state index contributed by atoms with van der Waals surface area (Å²) in [5.74, 6) is 0.538. The van der Waals surface area contributed by atoms with E-state index in [4.69, 9.17) is 13.6 Å². The van der Waals surface area contributed by atoms with Crippen molar-refractivity contribution in [3.05, 3.63) is 82.9 Å². The third-order valence-electron chi connectivity index (χ3n) is 12.1. The Labute approximate surface area is 335 Å². The van der Waals surface area contributed by atoms with E-state index in [9.17, 15) is 19.6 Å². The highest BCUT2D eigenvalue weighted by Gasteiger charge is 2.47. The van der Waals surface area contributed by atoms with Crippen LogP contribution in [0.2, 0.25) is 49.9 Å². The molecule has 0 aliphatic carbocycles. The number of ether oxygens (including phenoxy) is 1. The zero-order chi connectivity index (χ0) is 41.7. The Balaban J connectivity index is 0.000000378. The first kappa shape index (κ1) is 46.4. The molecule has 2 heterocycles. The highest BCUT2D eigenvalue weighted by molar-refractivity contribution is 6.74. The van der Waals surface area contributed by atoms with Crippen molar-refractivity contribution in [1.82, 2.24) is 9.62 Å². The monoisotopic (exact) mass is 790 g/mol. The molecule has 0 unspecified atom stereocenters. The molecule has 0 radical (unpaired) electrons. The van der Waals surface area contributed by atoms with Gasteiger partial charge in [0.2, 0.25) is 11.8 Å². The fourth-order valence-corrected chi connectivity index (χ4v) is 8.29. The largest absolute Gasteiger partial charge is 0.489 e. The number of carbonyl (C=O) groups is 2. The van der Waals surface area contributed by atoms with Crippen molar-refractivity contribution in [2.75, 3.05) is 13.2 Å². The second-order valence-electron chi connectivity index (χ2n) is 18.4. The van der Waals surface area contributed by atoms with Crippen molar-refractivity contribution in [3.8, 4) is 5.75 Å². The molecular weight excluding hydrogens is 722 g/mol. The van der Waals surface area contributed by atoms with Crippen LogP contribution in [0.15, 0.2) is 66.3 Å². The van der Waals surface area contributed by atoms with E-state index >= 15 is 0 Å². The lowest BCUT2D eigenvalue weighted by atomic mass is 9.81. The first-order chi connectivity index (χ1) is 25.3. The smallest absolute Gasteiger partial charge is 0.412 e. The summed E-state index contributed by atoms with van der Waals surface area (Å²) in [5, 5.41) is 20.4. The van der Waals surface area contributed by atoms with E-state index in [0.29, 0.717) is 26.2 Å². The first-order valence-corrected chi connectivity index (χ1v) is 25.5. The lowest BCUT2D eigenvalue weighted by Gasteiger charge is -2.39. The Kier molecular flexibility index (Phi) is 15.7. The van der Waals surface area contributed by atoms with Gasteiger partial charge < -0.3 is 33.3 Å². The molecule has 9 nitrogen and oxygen atoms in total. The molecule has 0 saturated carbocycles. The highest BCUT2D eigenvalue weighted by Crippen LogP contribution is 2.43. The van der Waals surface area contributed by atoms with Gasteiger partial charge in [0.05, 0.1) is 25.3 Å². The summed E-state index contributed by atoms with van der Waals surface area (Å²) in [5.41, 5.74) is 5.70. The summed E-state index contributed by atoms with van der Waals surface area (Å²) < 4.78 is 18.9. The molecule has 0 bridgehead atoms. The molecule has 1 fully saturated rings. The van der Waals surface area contributed by atoms with Gasteiger partial charge in [0.15, 0.2) is 16.6 Å². The van der Waals surface area contributed by atoms with Crippen LogP contribution in [0.4, 0.5) is 0 Å². The normalized spacial score (nSPS) is 19.0. The molecule has 1 saturated heterocycles. The van der Waals surface area contributed by atoms with Crippen molar-refractivity contribution < 1.29 is 33.2 Å². The van der Waals surface area contributed by atoms with E-state index in [1.54, 1.807) is 18.5 Å². The van der Waals surface area contributed by atoms with Crippen molar-refractivity contribution >= 4 is 48.1 Å². The molecule has 2 aliphatic heterocycles. The Bertz CT molecular complexity index is 1680. The first-order valence-electron chi connectivity index (χ1n) is 19.7. The topological polar surface area (TPSA) is 109 Å². The Hall–Kier alpha value is -2.94. The van der Waals surface area contributed by atoms with Crippen molar-refractivity contribution in [1.29, 1.82) is 0 Å². The lowest BCUT2D eigenvalue weighted by Crippen LogP contribution is -2.50. The number of amides is 2. The minimum Gasteiger partial charge on any atom is -0.489 e. The predicted molar refractivity (Wildman–Crippen MR) is 233 cm³/mol. The summed E-state index contributed by atoms with van der Waals surface area (Å²) in [7, 11) is -5.50. The standard InChI is InChI=1S/C30H44BNO4Si.C12H24BNO3Si/c1-21(2)22(3)26-17-24(35-19-23-13-11-10-12-14-23)15-16-25(26)27-18-29(33)32(31(7)34)28(27)20-36-37(8,9)30(4,5)6;1-12(2,3)18(5,6)17-9-10-7-8-11(15)14(10)13(4)16/h10-17,27-28,34H,18-20H2,1-9H3;7-8,10,16H,9H2,1-6H3/t27-,28-;10-/m10/s1. The molecule has 4 rings (SSSR count). The average Bonchev–Trinajstić information content (AvgIpc) is 3.63. The number of benzene rings is 2. The summed E-state index contributed by atoms with van der Waals surface area (Å²) in [6.45, 7) is 33.0. The highest BCUT2D eigenvalue weighted by atomic mass is 28.4. The van der Waals surface area contributed by atoms with Crippen LogP contribution in [-0.4, -0.2) is 87.5 Å². The Morgan fingerprint density at radius 2 is 1.36 bits per heavy atom. The fraction of sp³-hybridized carbons (Fsp3) is 0.571. The van der Waals surface area contributed by atoms with Gasteiger partial charge in [0, 0.05) is 18.4 Å². The molecule has 2 aliphatic rings. The maximum absolute atomic E-state index is 13.2. The molecule has 2 amide bonds. The van der Waals surface area contributed by atoms with Gasteiger partial charge in [0.1, 0.15) is 12.4 Å². The van der Waals surface area contributed by atoms with E-state index in [-0.39, 0.29) is 39.9 Å². The van der Waals surface area contributed by atoms with Crippen LogP contribution >= 0.6 is 0 Å². The Morgan fingerprint density at radius 3 is 1.87 bits per heavy atom. The number of nitrogens with zero attached hydrogens (tertiary/aromatic N) is 2. The second kappa shape index (κ2) is 18.5. The van der Waals surface area contributed by atoms with Crippen LogP contribution in [0.1, 0.15) is 91.3 Å². The molecule has 0 spiro atoms. The third kappa shape index (κ3) is 11.8. The number of rotatable bonds is 13. The van der Waals surface area contributed by atoms with Gasteiger partial charge in [-0.05, 0) is 105 Å². The van der Waals surface area contributed by atoms with Crippen LogP contribution in [0.3, 0.4) is 0 Å². The molecule has 2 N–H and O–H groups in total. The van der Waals surface area contributed by atoms with Gasteiger partial charge in [-0.25, -0.2) is 0 Å². The van der Waals surface area contributed by atoms with Crippen molar-refractivity contribution in [2.45, 2.75) is 143 Å². The summed E-state index contributed by atoms with van der Waals surface area (Å²) >= 11 is 0. The summed E-state index contributed by atoms with van der Waals surface area (Å²) in [6, 6.07) is 16.0. The minimum absolute atomic E-state index is 0.0333. The molecule has 3 atom stereocenters. The van der Waals surface area contributed by atoms with Gasteiger partial charge in [-0.1, -0.05) is 89.6 Å². The molecule has 2 aromatic rings. The SMILES string of the molecule is CB(O)N1C(=O)C=C[C@H]1CO[Si](C)(C)C(C)(C)C.CB(O)N1C(=O)C[C@H](c2ccc(OCc3ccccc3)cc2C(C)=C(C)C)[C@H]1CO[Si](C)(C)C(C)(C)C. The molecule has 2 aromatic carbocycles. The predicted octanol–water partition coefficient (Wildman–Crippen LogP) is 8.78. The van der Waals surface area contributed by atoms with Crippen LogP contribution < -0.4 is 4.74 Å². The van der Waals surface area contributed by atoms with Crippen LogP contribution in [0, 0.1) is 0 Å². The van der Waals surface area contributed by atoms with Crippen molar-refractivity contribution in [2.24, 2.45) is 0 Å². The number of hydrogen-bond donors (Lipinski definition) is 2. The zero-order valence-electron chi connectivity index (χ0n) is 36.3. The van der Waals surface area contributed by atoms with Gasteiger partial charge in [-0.2, -0.15) is 0 Å². The van der Waals surface area contributed by atoms with Crippen LogP contribution in [-0.2, 0) is 25.0 Å². The van der Waals surface area contributed by atoms with Crippen LogP contribution in [0.5, 0.6) is 5.75 Å². The number of hydrogen-bond acceptors (Lipinski definition) is 7. The number of allylic oxidation sites excluding steroid dienone is 2. The fourth-order valence-electron chi connectivity index (χ4n) is 6.24. The molecule has 55 heavy (non-hydrogen) atoms. The second-order valence-corrected chi connectivity index (χ2v) is 28.0. The van der Waals surface area contributed by atoms with Gasteiger partial charge in [0.25, 0.3) is 0 Å². The summed E-state index contributed by atoms with van der Waals surface area (Å²) in [6.07, 6.45) is 3.66. The van der Waals surface area contributed by atoms with E-state index in [1.165, 1.54) is 22.0 Å². The molecule has 302 valence electrons.